The van der Waals surface area contributed by atoms with E-state index < -0.39 is 23.4 Å². The van der Waals surface area contributed by atoms with E-state index in [4.69, 9.17) is 0 Å². The molecule has 0 aliphatic carbocycles. The number of amides is 1. The van der Waals surface area contributed by atoms with E-state index in [0.717, 1.165) is 7.11 Å². The standard InChI is InChI=1S/C11H17NO6/c1-8(14)12-11(6-7-13,10(16)18-3)5-4-9(15)17-2/h7H,4-6H2,1-3H3,(H,12,14). The fourth-order valence-electron chi connectivity index (χ4n) is 1.54. The third-order valence-electron chi connectivity index (χ3n) is 2.41. The Balaban J connectivity index is 5.04. The lowest BCUT2D eigenvalue weighted by atomic mass is 9.90. The van der Waals surface area contributed by atoms with Crippen LogP contribution < -0.4 is 5.32 Å². The number of esters is 2. The minimum atomic E-state index is -1.52. The van der Waals surface area contributed by atoms with Crippen LogP contribution in [-0.4, -0.2) is 43.9 Å². The van der Waals surface area contributed by atoms with Crippen LogP contribution in [0.1, 0.15) is 26.2 Å². The second-order valence-electron chi connectivity index (χ2n) is 3.70. The molecule has 0 aromatic heterocycles. The van der Waals surface area contributed by atoms with E-state index in [1.165, 1.54) is 14.0 Å². The number of hydrogen-bond acceptors (Lipinski definition) is 6. The van der Waals surface area contributed by atoms with Crippen LogP contribution in [-0.2, 0) is 28.7 Å². The number of methoxy groups -OCH3 is 2. The number of carbonyl (C=O) groups excluding carboxylic acids is 4. The van der Waals surface area contributed by atoms with Gasteiger partial charge in [-0.15, -0.1) is 0 Å². The highest BCUT2D eigenvalue weighted by Crippen LogP contribution is 2.19. The van der Waals surface area contributed by atoms with Crippen LogP contribution in [0.15, 0.2) is 0 Å². The highest BCUT2D eigenvalue weighted by molar-refractivity contribution is 5.89. The fourth-order valence-corrected chi connectivity index (χ4v) is 1.54. The molecule has 0 heterocycles. The number of nitrogens with one attached hydrogen (secondary N) is 1. The SMILES string of the molecule is COC(=O)CCC(CC=O)(NC(C)=O)C(=O)OC. The summed E-state index contributed by atoms with van der Waals surface area (Å²) in [4.78, 5) is 44.6. The molecular weight excluding hydrogens is 242 g/mol. The fraction of sp³-hybridized carbons (Fsp3) is 0.636. The van der Waals surface area contributed by atoms with Gasteiger partial charge in [-0.1, -0.05) is 0 Å². The van der Waals surface area contributed by atoms with E-state index >= 15 is 0 Å². The maximum absolute atomic E-state index is 11.7. The van der Waals surface area contributed by atoms with Crippen molar-refractivity contribution in [1.82, 2.24) is 5.32 Å². The average Bonchev–Trinajstić information content (AvgIpc) is 2.33. The summed E-state index contributed by atoms with van der Waals surface area (Å²) in [6.07, 6.45) is 0.0464. The second-order valence-corrected chi connectivity index (χ2v) is 3.70. The van der Waals surface area contributed by atoms with Gasteiger partial charge in [0.25, 0.3) is 0 Å². The Hall–Kier alpha value is -1.92. The highest BCUT2D eigenvalue weighted by atomic mass is 16.5. The molecule has 18 heavy (non-hydrogen) atoms. The molecule has 0 aromatic rings. The molecule has 0 aliphatic heterocycles. The third-order valence-corrected chi connectivity index (χ3v) is 2.41. The Morgan fingerprint density at radius 2 is 1.83 bits per heavy atom. The van der Waals surface area contributed by atoms with Crippen LogP contribution in [0.2, 0.25) is 0 Å². The van der Waals surface area contributed by atoms with Crippen molar-refractivity contribution in [1.29, 1.82) is 0 Å². The predicted molar refractivity (Wildman–Crippen MR) is 60.5 cm³/mol. The zero-order valence-corrected chi connectivity index (χ0v) is 10.6. The van der Waals surface area contributed by atoms with Crippen molar-refractivity contribution in [3.05, 3.63) is 0 Å². The first kappa shape index (κ1) is 16.1. The minimum absolute atomic E-state index is 0.0648. The summed E-state index contributed by atoms with van der Waals surface area (Å²) in [6, 6.07) is 0. The Morgan fingerprint density at radius 3 is 2.22 bits per heavy atom. The topological polar surface area (TPSA) is 98.8 Å². The van der Waals surface area contributed by atoms with Gasteiger partial charge in [-0.05, 0) is 6.42 Å². The highest BCUT2D eigenvalue weighted by Gasteiger charge is 2.40. The van der Waals surface area contributed by atoms with Crippen LogP contribution in [0.5, 0.6) is 0 Å². The Labute approximate surface area is 105 Å². The largest absolute Gasteiger partial charge is 0.469 e. The first-order chi connectivity index (χ1) is 8.41. The van der Waals surface area contributed by atoms with Crippen molar-refractivity contribution in [3.63, 3.8) is 0 Å². The van der Waals surface area contributed by atoms with Crippen LogP contribution >= 0.6 is 0 Å². The summed E-state index contributed by atoms with van der Waals surface area (Å²) in [6.45, 7) is 1.21. The van der Waals surface area contributed by atoms with Crippen molar-refractivity contribution in [2.45, 2.75) is 31.7 Å². The lowest BCUT2D eigenvalue weighted by Crippen LogP contribution is -2.55. The van der Waals surface area contributed by atoms with E-state index in [1.807, 2.05) is 0 Å². The van der Waals surface area contributed by atoms with Gasteiger partial charge in [-0.2, -0.15) is 0 Å². The molecular formula is C11H17NO6. The number of carbonyl (C=O) groups is 4. The van der Waals surface area contributed by atoms with Crippen molar-refractivity contribution in [2.75, 3.05) is 14.2 Å². The zero-order chi connectivity index (χ0) is 14.2. The van der Waals surface area contributed by atoms with E-state index in [2.05, 4.69) is 14.8 Å². The van der Waals surface area contributed by atoms with E-state index in [-0.39, 0.29) is 19.3 Å². The second kappa shape index (κ2) is 7.41. The molecule has 1 N–H and O–H groups in total. The molecule has 0 radical (unpaired) electrons. The average molecular weight is 259 g/mol. The monoisotopic (exact) mass is 259 g/mol. The summed E-state index contributed by atoms with van der Waals surface area (Å²) in [5.41, 5.74) is -1.52. The molecule has 1 atom stereocenters. The molecule has 7 nitrogen and oxygen atoms in total. The van der Waals surface area contributed by atoms with Crippen molar-refractivity contribution >= 4 is 24.1 Å². The summed E-state index contributed by atoms with van der Waals surface area (Å²) >= 11 is 0. The normalized spacial score (nSPS) is 13.1. The van der Waals surface area contributed by atoms with E-state index in [1.54, 1.807) is 0 Å². The van der Waals surface area contributed by atoms with Crippen molar-refractivity contribution < 1.29 is 28.7 Å². The van der Waals surface area contributed by atoms with Gasteiger partial charge in [-0.25, -0.2) is 4.79 Å². The Kier molecular flexibility index (Phi) is 6.62. The first-order valence-corrected chi connectivity index (χ1v) is 5.29. The van der Waals surface area contributed by atoms with Crippen molar-refractivity contribution in [2.24, 2.45) is 0 Å². The molecule has 1 amide bonds. The van der Waals surface area contributed by atoms with Gasteiger partial charge in [0, 0.05) is 19.8 Å². The number of rotatable bonds is 7. The molecule has 1 unspecified atom stereocenters. The van der Waals surface area contributed by atoms with Gasteiger partial charge in [0.1, 0.15) is 11.8 Å². The number of hydrogen-bond donors (Lipinski definition) is 1. The number of ether oxygens (including phenoxy) is 2. The molecule has 7 heteroatoms. The maximum Gasteiger partial charge on any atom is 0.332 e. The van der Waals surface area contributed by atoms with Gasteiger partial charge in [0.15, 0.2) is 0 Å². The van der Waals surface area contributed by atoms with Crippen molar-refractivity contribution in [3.8, 4) is 0 Å². The van der Waals surface area contributed by atoms with Gasteiger partial charge < -0.3 is 19.6 Å². The smallest absolute Gasteiger partial charge is 0.332 e. The van der Waals surface area contributed by atoms with Gasteiger partial charge in [0.05, 0.1) is 14.2 Å². The molecule has 0 spiro atoms. The molecule has 102 valence electrons. The number of aldehydes is 1. The van der Waals surface area contributed by atoms with E-state index in [0.29, 0.717) is 6.29 Å². The zero-order valence-electron chi connectivity index (χ0n) is 10.6. The Morgan fingerprint density at radius 1 is 1.22 bits per heavy atom. The van der Waals surface area contributed by atoms with Crippen LogP contribution in [0, 0.1) is 0 Å². The van der Waals surface area contributed by atoms with E-state index in [9.17, 15) is 19.2 Å². The Bertz CT molecular complexity index is 340. The molecule has 0 saturated carbocycles. The quantitative estimate of drug-likeness (QED) is 0.492. The van der Waals surface area contributed by atoms with Crippen LogP contribution in [0.4, 0.5) is 0 Å². The molecule has 0 bridgehead atoms. The van der Waals surface area contributed by atoms with Gasteiger partial charge in [0.2, 0.25) is 5.91 Å². The summed E-state index contributed by atoms with van der Waals surface area (Å²) < 4.78 is 9.02. The lowest BCUT2D eigenvalue weighted by Gasteiger charge is -2.29. The summed E-state index contributed by atoms with van der Waals surface area (Å²) in [7, 11) is 2.35. The molecule has 0 aromatic carbocycles. The van der Waals surface area contributed by atoms with Gasteiger partial charge >= 0.3 is 11.9 Å². The molecule has 0 saturated heterocycles. The molecule has 0 aliphatic rings. The van der Waals surface area contributed by atoms with Crippen LogP contribution in [0.3, 0.4) is 0 Å². The summed E-state index contributed by atoms with van der Waals surface area (Å²) in [5.74, 6) is -1.81. The van der Waals surface area contributed by atoms with Crippen LogP contribution in [0.25, 0.3) is 0 Å². The molecule has 0 rings (SSSR count). The predicted octanol–water partition coefficient (Wildman–Crippen LogP) is -0.423. The van der Waals surface area contributed by atoms with Gasteiger partial charge in [-0.3, -0.25) is 9.59 Å². The first-order valence-electron chi connectivity index (χ1n) is 5.29. The summed E-state index contributed by atoms with van der Waals surface area (Å²) in [5, 5.41) is 2.37. The lowest BCUT2D eigenvalue weighted by molar-refractivity contribution is -0.153. The maximum atomic E-state index is 11.7. The minimum Gasteiger partial charge on any atom is -0.469 e. The third kappa shape index (κ3) is 4.52. The molecule has 0 fully saturated rings.